The summed E-state index contributed by atoms with van der Waals surface area (Å²) >= 11 is 8.32. The van der Waals surface area contributed by atoms with Gasteiger partial charge in [0, 0.05) is 15.3 Å². The normalized spacial score (nSPS) is 10.1. The Bertz CT molecular complexity index is 557. The first kappa shape index (κ1) is 11.4. The van der Waals surface area contributed by atoms with Crippen molar-refractivity contribution >= 4 is 34.2 Å². The van der Waals surface area contributed by atoms with Crippen LogP contribution in [0.3, 0.4) is 0 Å². The molecule has 0 radical (unpaired) electrons. The van der Waals surface area contributed by atoms with Crippen molar-refractivity contribution in [3.8, 4) is 11.8 Å². The van der Waals surface area contributed by atoms with Gasteiger partial charge in [-0.1, -0.05) is 11.6 Å². The molecule has 1 heterocycles. The van der Waals surface area contributed by atoms with Gasteiger partial charge in [-0.25, -0.2) is 4.68 Å². The number of nitriles is 1. The van der Waals surface area contributed by atoms with E-state index < -0.39 is 0 Å². The van der Waals surface area contributed by atoms with E-state index in [1.165, 1.54) is 0 Å². The van der Waals surface area contributed by atoms with Crippen molar-refractivity contribution < 1.29 is 0 Å². The summed E-state index contributed by atoms with van der Waals surface area (Å²) in [7, 11) is 0. The third-order valence-electron chi connectivity index (χ3n) is 2.08. The van der Waals surface area contributed by atoms with Crippen LogP contribution in [0.2, 0.25) is 5.02 Å². The highest BCUT2D eigenvalue weighted by Gasteiger charge is 2.05. The second kappa shape index (κ2) is 4.85. The molecule has 0 fully saturated rings. The van der Waals surface area contributed by atoms with E-state index in [4.69, 9.17) is 16.9 Å². The van der Waals surface area contributed by atoms with Gasteiger partial charge in [-0.15, -0.1) is 0 Å². The second-order valence-corrected chi connectivity index (χ2v) is 4.88. The van der Waals surface area contributed by atoms with Crippen molar-refractivity contribution in [1.82, 2.24) is 9.78 Å². The van der Waals surface area contributed by atoms with E-state index in [1.54, 1.807) is 10.9 Å². The van der Waals surface area contributed by atoms with E-state index in [9.17, 15) is 0 Å². The van der Waals surface area contributed by atoms with E-state index >= 15 is 0 Å². The zero-order chi connectivity index (χ0) is 11.5. The number of benzene rings is 1. The molecule has 0 saturated carbocycles. The third-order valence-corrected chi connectivity index (χ3v) is 3.05. The van der Waals surface area contributed by atoms with Crippen molar-refractivity contribution in [3.63, 3.8) is 0 Å². The Morgan fingerprint density at radius 3 is 3.00 bits per heavy atom. The van der Waals surface area contributed by atoms with Crippen molar-refractivity contribution in [1.29, 1.82) is 5.26 Å². The molecule has 2 aromatic rings. The summed E-state index contributed by atoms with van der Waals surface area (Å²) in [4.78, 5) is 0. The molecule has 0 aliphatic heterocycles. The van der Waals surface area contributed by atoms with Gasteiger partial charge in [-0.05, 0) is 40.8 Å². The summed E-state index contributed by atoms with van der Waals surface area (Å²) in [6, 6.07) is 7.84. The largest absolute Gasteiger partial charge is 0.239 e. The van der Waals surface area contributed by atoms with Crippen LogP contribution in [0.4, 0.5) is 0 Å². The van der Waals surface area contributed by atoms with Crippen molar-refractivity contribution in [3.05, 3.63) is 44.7 Å². The van der Waals surface area contributed by atoms with Crippen LogP contribution in [0, 0.1) is 14.9 Å². The molecule has 0 spiro atoms. The van der Waals surface area contributed by atoms with E-state index in [-0.39, 0.29) is 0 Å². The first-order valence-electron chi connectivity index (χ1n) is 4.56. The highest BCUT2D eigenvalue weighted by atomic mass is 127. The van der Waals surface area contributed by atoms with Gasteiger partial charge < -0.3 is 0 Å². The van der Waals surface area contributed by atoms with Gasteiger partial charge in [-0.2, -0.15) is 10.4 Å². The predicted molar refractivity (Wildman–Crippen MR) is 70.6 cm³/mol. The highest BCUT2D eigenvalue weighted by Crippen LogP contribution is 2.22. The van der Waals surface area contributed by atoms with Crippen molar-refractivity contribution in [2.45, 2.75) is 6.42 Å². The van der Waals surface area contributed by atoms with E-state index in [0.717, 1.165) is 14.8 Å². The maximum Gasteiger partial charge on any atom is 0.0832 e. The molecule has 0 bridgehead atoms. The lowest BCUT2D eigenvalue weighted by molar-refractivity contribution is 0.880. The molecule has 16 heavy (non-hydrogen) atoms. The minimum Gasteiger partial charge on any atom is -0.239 e. The zero-order valence-corrected chi connectivity index (χ0v) is 11.1. The summed E-state index contributed by atoms with van der Waals surface area (Å²) in [5.74, 6) is 0. The van der Waals surface area contributed by atoms with Gasteiger partial charge in [0.1, 0.15) is 0 Å². The van der Waals surface area contributed by atoms with Crippen LogP contribution >= 0.6 is 34.2 Å². The maximum absolute atomic E-state index is 8.58. The minimum atomic E-state index is 0.363. The number of aromatic nitrogens is 2. The first-order valence-corrected chi connectivity index (χ1v) is 6.02. The zero-order valence-electron chi connectivity index (χ0n) is 8.19. The van der Waals surface area contributed by atoms with Gasteiger partial charge in [0.25, 0.3) is 0 Å². The van der Waals surface area contributed by atoms with Gasteiger partial charge in [0.05, 0.1) is 29.4 Å². The molecular formula is C11H7ClIN3. The predicted octanol–water partition coefficient (Wildman–Crippen LogP) is 3.20. The summed E-state index contributed by atoms with van der Waals surface area (Å²) in [6.07, 6.45) is 3.86. The first-order chi connectivity index (χ1) is 7.70. The number of hydrogen-bond acceptors (Lipinski definition) is 2. The number of halogens is 2. The Hall–Kier alpha value is -1.06. The molecular weight excluding hydrogens is 336 g/mol. The lowest BCUT2D eigenvalue weighted by atomic mass is 10.3. The van der Waals surface area contributed by atoms with E-state index in [2.05, 4.69) is 33.8 Å². The second-order valence-electron chi connectivity index (χ2n) is 3.22. The van der Waals surface area contributed by atoms with Crippen LogP contribution in [-0.2, 0) is 6.42 Å². The smallest absolute Gasteiger partial charge is 0.0832 e. The average molecular weight is 344 g/mol. The van der Waals surface area contributed by atoms with Crippen LogP contribution < -0.4 is 0 Å². The van der Waals surface area contributed by atoms with Crippen LogP contribution in [0.15, 0.2) is 30.6 Å². The molecule has 0 aliphatic carbocycles. The van der Waals surface area contributed by atoms with Gasteiger partial charge >= 0.3 is 0 Å². The fourth-order valence-corrected chi connectivity index (χ4v) is 2.28. The molecule has 1 aromatic heterocycles. The molecule has 2 rings (SSSR count). The Morgan fingerprint density at radius 2 is 2.31 bits per heavy atom. The number of nitrogens with zero attached hydrogens (tertiary/aromatic N) is 3. The quantitative estimate of drug-likeness (QED) is 0.786. The van der Waals surface area contributed by atoms with Gasteiger partial charge in [-0.3, -0.25) is 0 Å². The third kappa shape index (κ3) is 2.36. The van der Waals surface area contributed by atoms with Crippen LogP contribution in [0.5, 0.6) is 0 Å². The van der Waals surface area contributed by atoms with Crippen molar-refractivity contribution in [2.24, 2.45) is 0 Å². The molecule has 80 valence electrons. The molecule has 3 nitrogen and oxygen atoms in total. The SMILES string of the molecule is N#CCc1cnn(-c2ccc(I)cc2Cl)c1. The maximum atomic E-state index is 8.58. The Morgan fingerprint density at radius 1 is 1.50 bits per heavy atom. The molecule has 0 aliphatic rings. The Kier molecular flexibility index (Phi) is 3.46. The molecule has 0 unspecified atom stereocenters. The number of hydrogen-bond donors (Lipinski definition) is 0. The highest BCUT2D eigenvalue weighted by molar-refractivity contribution is 14.1. The molecule has 0 saturated heterocycles. The molecule has 5 heteroatoms. The Labute approximate surface area is 112 Å². The lowest BCUT2D eigenvalue weighted by Crippen LogP contribution is -1.95. The lowest BCUT2D eigenvalue weighted by Gasteiger charge is -2.03. The minimum absolute atomic E-state index is 0.363. The fourth-order valence-electron chi connectivity index (χ4n) is 1.34. The molecule has 0 atom stereocenters. The molecule has 1 aromatic carbocycles. The van der Waals surface area contributed by atoms with Gasteiger partial charge in [0.15, 0.2) is 0 Å². The summed E-state index contributed by atoms with van der Waals surface area (Å²) in [5, 5.41) is 13.4. The van der Waals surface area contributed by atoms with Crippen molar-refractivity contribution in [2.75, 3.05) is 0 Å². The van der Waals surface area contributed by atoms with E-state index in [1.807, 2.05) is 24.4 Å². The standard InChI is InChI=1S/C11H7ClIN3/c12-10-5-9(13)1-2-11(10)16-7-8(3-4-14)6-15-16/h1-2,5-7H,3H2. The van der Waals surface area contributed by atoms with Crippen LogP contribution in [0.1, 0.15) is 5.56 Å². The number of rotatable bonds is 2. The monoisotopic (exact) mass is 343 g/mol. The fraction of sp³-hybridized carbons (Fsp3) is 0.0909. The Balaban J connectivity index is 2.39. The van der Waals surface area contributed by atoms with Crippen LogP contribution in [0.25, 0.3) is 5.69 Å². The average Bonchev–Trinajstić information content (AvgIpc) is 2.67. The van der Waals surface area contributed by atoms with E-state index in [0.29, 0.717) is 11.4 Å². The molecule has 0 amide bonds. The van der Waals surface area contributed by atoms with Gasteiger partial charge in [0.2, 0.25) is 0 Å². The molecule has 0 N–H and O–H groups in total. The summed E-state index contributed by atoms with van der Waals surface area (Å²) in [6.45, 7) is 0. The van der Waals surface area contributed by atoms with Crippen LogP contribution in [-0.4, -0.2) is 9.78 Å². The summed E-state index contributed by atoms with van der Waals surface area (Å²) in [5.41, 5.74) is 1.71. The topological polar surface area (TPSA) is 41.6 Å². The summed E-state index contributed by atoms with van der Waals surface area (Å²) < 4.78 is 2.77.